The summed E-state index contributed by atoms with van der Waals surface area (Å²) in [4.78, 5) is 28.5. The Hall–Kier alpha value is -3.88. The first-order chi connectivity index (χ1) is 17.5. The number of nitrogens with zero attached hydrogens (tertiary/aromatic N) is 4. The van der Waals surface area contributed by atoms with Gasteiger partial charge in [0.05, 0.1) is 25.5 Å². The summed E-state index contributed by atoms with van der Waals surface area (Å²) in [6.45, 7) is 7.25. The molecule has 8 heteroatoms. The third-order valence-electron chi connectivity index (χ3n) is 5.50. The van der Waals surface area contributed by atoms with Crippen molar-refractivity contribution in [2.24, 2.45) is 10.2 Å². The number of carbonyl (C=O) groups is 2. The molecule has 0 saturated carbocycles. The average Bonchev–Trinajstić information content (AvgIpc) is 2.86. The van der Waals surface area contributed by atoms with Crippen LogP contribution in [0.2, 0.25) is 0 Å². The van der Waals surface area contributed by atoms with Crippen LogP contribution in [0.15, 0.2) is 82.0 Å². The summed E-state index contributed by atoms with van der Waals surface area (Å²) < 4.78 is 0. The second-order valence-corrected chi connectivity index (χ2v) is 8.74. The van der Waals surface area contributed by atoms with Crippen molar-refractivity contribution in [3.8, 4) is 0 Å². The number of piperazine rings is 1. The molecule has 1 heterocycles. The lowest BCUT2D eigenvalue weighted by atomic mass is 10.1. The second kappa shape index (κ2) is 14.5. The fourth-order valence-electron chi connectivity index (χ4n) is 3.69. The molecule has 8 nitrogen and oxygen atoms in total. The fraction of sp³-hybridized carbons (Fsp3) is 0.286. The maximum absolute atomic E-state index is 12.2. The number of nitrogens with one attached hydrogen (secondary N) is 2. The maximum atomic E-state index is 12.2. The Morgan fingerprint density at radius 2 is 1.06 bits per heavy atom. The topological polar surface area (TPSA) is 89.4 Å². The van der Waals surface area contributed by atoms with Gasteiger partial charge >= 0.3 is 0 Å². The van der Waals surface area contributed by atoms with Gasteiger partial charge in [-0.3, -0.25) is 19.4 Å². The van der Waals surface area contributed by atoms with Crippen LogP contribution in [0.4, 0.5) is 0 Å². The van der Waals surface area contributed by atoms with Crippen LogP contribution in [0.25, 0.3) is 12.2 Å². The quantitative estimate of drug-likeness (QED) is 0.399. The van der Waals surface area contributed by atoms with Gasteiger partial charge in [-0.25, -0.2) is 10.9 Å². The highest BCUT2D eigenvalue weighted by molar-refractivity contribution is 5.87. The summed E-state index contributed by atoms with van der Waals surface area (Å²) in [5.74, 6) is -0.309. The van der Waals surface area contributed by atoms with Crippen LogP contribution >= 0.6 is 0 Å². The molecule has 1 fully saturated rings. The highest BCUT2D eigenvalue weighted by atomic mass is 16.2. The van der Waals surface area contributed by atoms with E-state index >= 15 is 0 Å². The van der Waals surface area contributed by atoms with E-state index < -0.39 is 0 Å². The second-order valence-electron chi connectivity index (χ2n) is 8.74. The molecule has 3 rings (SSSR count). The van der Waals surface area contributed by atoms with E-state index in [4.69, 9.17) is 0 Å². The Bertz CT molecular complexity index is 1010. The molecule has 0 radical (unpaired) electrons. The predicted molar refractivity (Wildman–Crippen MR) is 146 cm³/mol. The molecule has 2 aromatic rings. The monoisotopic (exact) mass is 486 g/mol. The third-order valence-corrected chi connectivity index (χ3v) is 5.50. The van der Waals surface area contributed by atoms with Crippen LogP contribution in [0, 0.1) is 0 Å². The molecule has 188 valence electrons. The van der Waals surface area contributed by atoms with Crippen molar-refractivity contribution in [1.29, 1.82) is 0 Å². The summed E-state index contributed by atoms with van der Waals surface area (Å²) in [5.41, 5.74) is 9.23. The van der Waals surface area contributed by atoms with E-state index in [0.29, 0.717) is 26.2 Å². The van der Waals surface area contributed by atoms with Gasteiger partial charge in [0.1, 0.15) is 0 Å². The van der Waals surface area contributed by atoms with E-state index in [9.17, 15) is 9.59 Å². The summed E-state index contributed by atoms with van der Waals surface area (Å²) >= 11 is 0. The van der Waals surface area contributed by atoms with E-state index in [0.717, 1.165) is 22.3 Å². The molecule has 2 amide bonds. The van der Waals surface area contributed by atoms with Crippen molar-refractivity contribution >= 4 is 36.4 Å². The molecular weight excluding hydrogens is 452 g/mol. The molecule has 0 aromatic heterocycles. The summed E-state index contributed by atoms with van der Waals surface area (Å²) in [7, 11) is 0. The predicted octanol–water partition coefficient (Wildman–Crippen LogP) is 3.02. The van der Waals surface area contributed by atoms with Crippen LogP contribution in [0.3, 0.4) is 0 Å². The van der Waals surface area contributed by atoms with E-state index in [1.165, 1.54) is 0 Å². The summed E-state index contributed by atoms with van der Waals surface area (Å²) in [6.07, 6.45) is 7.28. The number of amides is 2. The zero-order valence-electron chi connectivity index (χ0n) is 20.9. The zero-order chi connectivity index (χ0) is 25.6. The number of rotatable bonds is 10. The minimum atomic E-state index is -0.154. The number of hydrogen-bond acceptors (Lipinski definition) is 6. The molecule has 1 saturated heterocycles. The lowest BCUT2D eigenvalue weighted by Gasteiger charge is -2.33. The van der Waals surface area contributed by atoms with Crippen molar-refractivity contribution in [1.82, 2.24) is 20.7 Å². The van der Waals surface area contributed by atoms with Gasteiger partial charge in [-0.15, -0.1) is 0 Å². The standard InChI is InChI=1S/C28H34N6O2/c1-23(17-25-9-5-3-6-10-25)19-29-31-27(35)21-33-13-15-34(16-14-33)22-28(36)32-30-20-24(2)18-26-11-7-4-8-12-26/h3-12,17-20H,13-16,21-22H2,1-2H3,(H,31,35)(H,32,36)/b23-17+,24-18+,29-19-,30-20-. The molecule has 0 unspecified atom stereocenters. The molecule has 0 spiro atoms. The Balaban J connectivity index is 1.32. The first-order valence-corrected chi connectivity index (χ1v) is 12.0. The SMILES string of the molecule is CC(/C=N\NC(=O)CN1CCN(CC(=O)N/N=C\C(C)=C\c2ccccc2)CC1)=C\c1ccccc1. The number of hydrogen-bond donors (Lipinski definition) is 2. The molecule has 36 heavy (non-hydrogen) atoms. The average molecular weight is 487 g/mol. The molecule has 0 atom stereocenters. The maximum Gasteiger partial charge on any atom is 0.254 e. The molecule has 2 aromatic carbocycles. The number of hydrazone groups is 2. The van der Waals surface area contributed by atoms with Crippen molar-refractivity contribution in [3.05, 3.63) is 82.9 Å². The van der Waals surface area contributed by atoms with Crippen LogP contribution in [-0.4, -0.2) is 73.3 Å². The lowest BCUT2D eigenvalue weighted by molar-refractivity contribution is -0.124. The Morgan fingerprint density at radius 3 is 1.42 bits per heavy atom. The molecule has 1 aliphatic heterocycles. The zero-order valence-corrected chi connectivity index (χ0v) is 20.9. The highest BCUT2D eigenvalue weighted by Gasteiger charge is 2.20. The minimum Gasteiger partial charge on any atom is -0.292 e. The summed E-state index contributed by atoms with van der Waals surface area (Å²) in [6, 6.07) is 19.9. The van der Waals surface area contributed by atoms with Gasteiger partial charge in [0, 0.05) is 26.2 Å². The van der Waals surface area contributed by atoms with Gasteiger partial charge in [0.25, 0.3) is 11.8 Å². The fourth-order valence-corrected chi connectivity index (χ4v) is 3.69. The molecule has 0 aliphatic carbocycles. The first-order valence-electron chi connectivity index (χ1n) is 12.0. The van der Waals surface area contributed by atoms with Crippen LogP contribution in [-0.2, 0) is 9.59 Å². The molecule has 0 bridgehead atoms. The van der Waals surface area contributed by atoms with Crippen molar-refractivity contribution in [2.75, 3.05) is 39.3 Å². The Labute approximate surface area is 213 Å². The molecule has 2 N–H and O–H groups in total. The minimum absolute atomic E-state index is 0.154. The van der Waals surface area contributed by atoms with Gasteiger partial charge in [0.2, 0.25) is 0 Å². The van der Waals surface area contributed by atoms with Crippen LogP contribution in [0.5, 0.6) is 0 Å². The highest BCUT2D eigenvalue weighted by Crippen LogP contribution is 2.05. The van der Waals surface area contributed by atoms with Gasteiger partial charge in [-0.05, 0) is 36.1 Å². The van der Waals surface area contributed by atoms with E-state index in [2.05, 4.69) is 30.9 Å². The van der Waals surface area contributed by atoms with E-state index in [1.54, 1.807) is 12.4 Å². The van der Waals surface area contributed by atoms with Gasteiger partial charge in [0.15, 0.2) is 0 Å². The number of benzene rings is 2. The van der Waals surface area contributed by atoms with Crippen molar-refractivity contribution in [3.63, 3.8) is 0 Å². The van der Waals surface area contributed by atoms with E-state index in [1.807, 2.05) is 86.7 Å². The number of carbonyl (C=O) groups excluding carboxylic acids is 2. The van der Waals surface area contributed by atoms with Crippen molar-refractivity contribution in [2.45, 2.75) is 13.8 Å². The molecule has 1 aliphatic rings. The number of allylic oxidation sites excluding steroid dienone is 2. The van der Waals surface area contributed by atoms with Crippen molar-refractivity contribution < 1.29 is 9.59 Å². The smallest absolute Gasteiger partial charge is 0.254 e. The normalized spacial score (nSPS) is 15.9. The van der Waals surface area contributed by atoms with Crippen LogP contribution < -0.4 is 10.9 Å². The Morgan fingerprint density at radius 1 is 0.694 bits per heavy atom. The van der Waals surface area contributed by atoms with Gasteiger partial charge < -0.3 is 0 Å². The van der Waals surface area contributed by atoms with E-state index in [-0.39, 0.29) is 24.9 Å². The third kappa shape index (κ3) is 10.2. The Kier molecular flexibility index (Phi) is 10.8. The molecular formula is C28H34N6O2. The van der Waals surface area contributed by atoms with Gasteiger partial charge in [-0.1, -0.05) is 72.8 Å². The first kappa shape index (κ1) is 26.7. The lowest BCUT2D eigenvalue weighted by Crippen LogP contribution is -2.51. The largest absolute Gasteiger partial charge is 0.292 e. The van der Waals surface area contributed by atoms with Gasteiger partial charge in [-0.2, -0.15) is 10.2 Å². The summed E-state index contributed by atoms with van der Waals surface area (Å²) in [5, 5.41) is 8.10. The van der Waals surface area contributed by atoms with Crippen LogP contribution in [0.1, 0.15) is 25.0 Å².